The number of benzene rings is 1. The number of nitrogens with zero attached hydrogens (tertiary/aromatic N) is 1. The second-order valence-electron chi connectivity index (χ2n) is 7.37. The van der Waals surface area contributed by atoms with Crippen molar-refractivity contribution in [3.8, 4) is 11.5 Å². The predicted octanol–water partition coefficient (Wildman–Crippen LogP) is 3.69. The first-order valence-electron chi connectivity index (χ1n) is 8.70. The van der Waals surface area contributed by atoms with Gasteiger partial charge in [-0.3, -0.25) is 4.79 Å². The van der Waals surface area contributed by atoms with E-state index in [4.69, 9.17) is 9.47 Å². The van der Waals surface area contributed by atoms with E-state index in [9.17, 15) is 4.79 Å². The molecule has 25 heavy (non-hydrogen) atoms. The SMILES string of the molecule is CC1(C)Cc2cccc(OCC(=O)Nc3ccc(C4CC4)cn3)c2O1. The number of para-hydroxylation sites is 1. The molecule has 2 heterocycles. The van der Waals surface area contributed by atoms with Crippen LogP contribution in [0.4, 0.5) is 5.82 Å². The molecule has 2 aliphatic rings. The lowest BCUT2D eigenvalue weighted by molar-refractivity contribution is -0.118. The van der Waals surface area contributed by atoms with E-state index in [2.05, 4.69) is 10.3 Å². The summed E-state index contributed by atoms with van der Waals surface area (Å²) < 4.78 is 11.6. The van der Waals surface area contributed by atoms with Crippen LogP contribution in [-0.2, 0) is 11.2 Å². The zero-order valence-electron chi connectivity index (χ0n) is 14.5. The third-order valence-corrected chi connectivity index (χ3v) is 4.52. The third kappa shape index (κ3) is 3.60. The number of fused-ring (bicyclic) bond motifs is 1. The van der Waals surface area contributed by atoms with Crippen LogP contribution in [0.5, 0.6) is 11.5 Å². The van der Waals surface area contributed by atoms with Crippen molar-refractivity contribution in [3.05, 3.63) is 47.7 Å². The van der Waals surface area contributed by atoms with Crippen LogP contribution in [0.3, 0.4) is 0 Å². The number of amides is 1. The van der Waals surface area contributed by atoms with Gasteiger partial charge in [0, 0.05) is 18.2 Å². The molecule has 1 aliphatic heterocycles. The van der Waals surface area contributed by atoms with E-state index in [1.54, 1.807) is 0 Å². The Labute approximate surface area is 147 Å². The second-order valence-corrected chi connectivity index (χ2v) is 7.37. The molecule has 1 aromatic carbocycles. The fourth-order valence-corrected chi connectivity index (χ4v) is 3.16. The summed E-state index contributed by atoms with van der Waals surface area (Å²) in [4.78, 5) is 16.4. The van der Waals surface area contributed by atoms with Gasteiger partial charge in [0.15, 0.2) is 18.1 Å². The van der Waals surface area contributed by atoms with Gasteiger partial charge in [-0.2, -0.15) is 0 Å². The molecule has 1 N–H and O–H groups in total. The normalized spacial score (nSPS) is 17.5. The average Bonchev–Trinajstić information content (AvgIpc) is 3.35. The van der Waals surface area contributed by atoms with Gasteiger partial charge in [0.1, 0.15) is 11.4 Å². The van der Waals surface area contributed by atoms with Crippen LogP contribution in [0.2, 0.25) is 0 Å². The Morgan fingerprint density at radius 2 is 2.16 bits per heavy atom. The second kappa shape index (κ2) is 6.06. The monoisotopic (exact) mass is 338 g/mol. The number of carbonyl (C=O) groups excluding carboxylic acids is 1. The number of anilines is 1. The molecule has 0 spiro atoms. The van der Waals surface area contributed by atoms with Gasteiger partial charge >= 0.3 is 0 Å². The van der Waals surface area contributed by atoms with Crippen LogP contribution < -0.4 is 14.8 Å². The highest BCUT2D eigenvalue weighted by Gasteiger charge is 2.32. The molecule has 0 saturated heterocycles. The Balaban J connectivity index is 1.36. The number of ether oxygens (including phenoxy) is 2. The van der Waals surface area contributed by atoms with Crippen LogP contribution in [-0.4, -0.2) is 23.1 Å². The van der Waals surface area contributed by atoms with Gasteiger partial charge in [0.05, 0.1) is 0 Å². The molecule has 4 rings (SSSR count). The Bertz CT molecular complexity index is 795. The predicted molar refractivity (Wildman–Crippen MR) is 95.2 cm³/mol. The van der Waals surface area contributed by atoms with Crippen molar-refractivity contribution in [2.75, 3.05) is 11.9 Å². The molecule has 2 aromatic rings. The largest absolute Gasteiger partial charge is 0.483 e. The number of nitrogens with one attached hydrogen (secondary N) is 1. The van der Waals surface area contributed by atoms with E-state index in [0.717, 1.165) is 17.7 Å². The van der Waals surface area contributed by atoms with Crippen molar-refractivity contribution in [1.29, 1.82) is 0 Å². The zero-order valence-corrected chi connectivity index (χ0v) is 14.5. The number of pyridine rings is 1. The molecular weight excluding hydrogens is 316 g/mol. The number of aromatic nitrogens is 1. The quantitative estimate of drug-likeness (QED) is 0.903. The molecule has 5 heteroatoms. The minimum absolute atomic E-state index is 0.0771. The average molecular weight is 338 g/mol. The van der Waals surface area contributed by atoms with Crippen LogP contribution >= 0.6 is 0 Å². The van der Waals surface area contributed by atoms with Gasteiger partial charge in [0.2, 0.25) is 0 Å². The molecule has 1 aliphatic carbocycles. The molecule has 130 valence electrons. The Morgan fingerprint density at radius 1 is 1.32 bits per heavy atom. The van der Waals surface area contributed by atoms with Crippen LogP contribution in [0.15, 0.2) is 36.5 Å². The number of carbonyl (C=O) groups is 1. The van der Waals surface area contributed by atoms with E-state index in [-0.39, 0.29) is 18.1 Å². The van der Waals surface area contributed by atoms with Gasteiger partial charge in [-0.25, -0.2) is 4.98 Å². The first-order chi connectivity index (χ1) is 12.0. The van der Waals surface area contributed by atoms with Gasteiger partial charge in [0.25, 0.3) is 5.91 Å². The first kappa shape index (κ1) is 15.9. The number of hydrogen-bond acceptors (Lipinski definition) is 4. The minimum Gasteiger partial charge on any atom is -0.483 e. The zero-order chi connectivity index (χ0) is 17.4. The Hall–Kier alpha value is -2.56. The van der Waals surface area contributed by atoms with Crippen molar-refractivity contribution in [2.24, 2.45) is 0 Å². The summed E-state index contributed by atoms with van der Waals surface area (Å²) in [6.45, 7) is 4.01. The van der Waals surface area contributed by atoms with Crippen molar-refractivity contribution < 1.29 is 14.3 Å². The highest BCUT2D eigenvalue weighted by molar-refractivity contribution is 5.91. The number of rotatable bonds is 5. The van der Waals surface area contributed by atoms with Crippen molar-refractivity contribution in [1.82, 2.24) is 4.98 Å². The fourth-order valence-electron chi connectivity index (χ4n) is 3.16. The summed E-state index contributed by atoms with van der Waals surface area (Å²) in [5.74, 6) is 2.32. The van der Waals surface area contributed by atoms with Gasteiger partial charge in [-0.15, -0.1) is 0 Å². The standard InChI is InChI=1S/C20H22N2O3/c1-20(2)10-14-4-3-5-16(19(14)25-20)24-12-18(23)22-17-9-8-15(11-21-17)13-6-7-13/h3-5,8-9,11,13H,6-7,10,12H2,1-2H3,(H,21,22,23). The van der Waals surface area contributed by atoms with Crippen molar-refractivity contribution >= 4 is 11.7 Å². The maximum Gasteiger partial charge on any atom is 0.263 e. The summed E-state index contributed by atoms with van der Waals surface area (Å²) in [5.41, 5.74) is 2.12. The maximum atomic E-state index is 12.1. The molecule has 0 unspecified atom stereocenters. The van der Waals surface area contributed by atoms with Crippen molar-refractivity contribution in [2.45, 2.75) is 44.6 Å². The Kier molecular flexibility index (Phi) is 3.86. The molecular formula is C20H22N2O3. The lowest BCUT2D eigenvalue weighted by Gasteiger charge is -2.18. The highest BCUT2D eigenvalue weighted by Crippen LogP contribution is 2.42. The van der Waals surface area contributed by atoms with Crippen LogP contribution in [0.1, 0.15) is 43.7 Å². The Morgan fingerprint density at radius 3 is 2.88 bits per heavy atom. The third-order valence-electron chi connectivity index (χ3n) is 4.52. The van der Waals surface area contributed by atoms with Crippen LogP contribution in [0, 0.1) is 0 Å². The van der Waals surface area contributed by atoms with E-state index in [1.807, 2.05) is 50.4 Å². The lowest BCUT2D eigenvalue weighted by atomic mass is 10.0. The molecule has 5 nitrogen and oxygen atoms in total. The summed E-state index contributed by atoms with van der Waals surface area (Å²) in [6.07, 6.45) is 5.15. The van der Waals surface area contributed by atoms with E-state index < -0.39 is 0 Å². The number of hydrogen-bond donors (Lipinski definition) is 1. The van der Waals surface area contributed by atoms with Gasteiger partial charge in [-0.05, 0) is 50.3 Å². The fraction of sp³-hybridized carbons (Fsp3) is 0.400. The van der Waals surface area contributed by atoms with E-state index >= 15 is 0 Å². The summed E-state index contributed by atoms with van der Waals surface area (Å²) in [7, 11) is 0. The molecule has 0 bridgehead atoms. The van der Waals surface area contributed by atoms with Gasteiger partial charge in [-0.1, -0.05) is 18.2 Å². The molecule has 1 fully saturated rings. The molecule has 0 radical (unpaired) electrons. The van der Waals surface area contributed by atoms with E-state index in [1.165, 1.54) is 18.4 Å². The van der Waals surface area contributed by atoms with Gasteiger partial charge < -0.3 is 14.8 Å². The highest BCUT2D eigenvalue weighted by atomic mass is 16.5. The first-order valence-corrected chi connectivity index (χ1v) is 8.70. The van der Waals surface area contributed by atoms with Crippen molar-refractivity contribution in [3.63, 3.8) is 0 Å². The maximum absolute atomic E-state index is 12.1. The minimum atomic E-state index is -0.239. The molecule has 1 saturated carbocycles. The summed E-state index contributed by atoms with van der Waals surface area (Å²) in [5, 5.41) is 2.77. The molecule has 1 aromatic heterocycles. The summed E-state index contributed by atoms with van der Waals surface area (Å²) in [6, 6.07) is 9.66. The smallest absolute Gasteiger partial charge is 0.263 e. The molecule has 0 atom stereocenters. The topological polar surface area (TPSA) is 60.5 Å². The molecule has 1 amide bonds. The van der Waals surface area contributed by atoms with Crippen LogP contribution in [0.25, 0.3) is 0 Å². The van der Waals surface area contributed by atoms with E-state index in [0.29, 0.717) is 17.5 Å². The summed E-state index contributed by atoms with van der Waals surface area (Å²) >= 11 is 0. The lowest BCUT2D eigenvalue weighted by Crippen LogP contribution is -2.25.